The zero-order valence-electron chi connectivity index (χ0n) is 20.9. The van der Waals surface area contributed by atoms with Crippen molar-refractivity contribution in [2.24, 2.45) is 0 Å². The van der Waals surface area contributed by atoms with E-state index in [-0.39, 0.29) is 37.2 Å². The van der Waals surface area contributed by atoms with Gasteiger partial charge in [-0.25, -0.2) is 4.39 Å². The molecule has 2 amide bonds. The number of para-hydroxylation sites is 1. The van der Waals surface area contributed by atoms with Crippen LogP contribution in [0.15, 0.2) is 48.5 Å². The maximum absolute atomic E-state index is 13.3. The Bertz CT molecular complexity index is 1020. The van der Waals surface area contributed by atoms with Gasteiger partial charge in [0, 0.05) is 26.1 Å². The quantitative estimate of drug-likeness (QED) is 0.526. The first-order chi connectivity index (χ1) is 17.5. The number of morpholine rings is 1. The van der Waals surface area contributed by atoms with Crippen LogP contribution >= 0.6 is 0 Å². The summed E-state index contributed by atoms with van der Waals surface area (Å²) >= 11 is 0. The van der Waals surface area contributed by atoms with Crippen molar-refractivity contribution >= 4 is 11.8 Å². The number of carbonyl (C=O) groups is 2. The van der Waals surface area contributed by atoms with Crippen molar-refractivity contribution < 1.29 is 28.2 Å². The van der Waals surface area contributed by atoms with Gasteiger partial charge in [0.15, 0.2) is 0 Å². The molecule has 2 aliphatic heterocycles. The molecule has 2 heterocycles. The molecule has 0 aliphatic carbocycles. The Balaban J connectivity index is 1.45. The second kappa shape index (κ2) is 12.2. The van der Waals surface area contributed by atoms with Crippen LogP contribution < -0.4 is 9.47 Å². The monoisotopic (exact) mass is 498 g/mol. The lowest BCUT2D eigenvalue weighted by atomic mass is 9.95. The van der Waals surface area contributed by atoms with E-state index in [1.807, 2.05) is 29.2 Å². The summed E-state index contributed by atoms with van der Waals surface area (Å²) < 4.78 is 30.9. The first-order valence-electron chi connectivity index (χ1n) is 12.7. The Morgan fingerprint density at radius 3 is 2.47 bits per heavy atom. The Kier molecular flexibility index (Phi) is 8.80. The fraction of sp³-hybridized carbons (Fsp3) is 0.500. The Morgan fingerprint density at radius 2 is 1.72 bits per heavy atom. The predicted octanol–water partition coefficient (Wildman–Crippen LogP) is 3.85. The first kappa shape index (κ1) is 25.9. The van der Waals surface area contributed by atoms with Crippen molar-refractivity contribution in [1.82, 2.24) is 9.80 Å². The summed E-state index contributed by atoms with van der Waals surface area (Å²) in [5.41, 5.74) is 0.00847. The normalized spacial score (nSPS) is 20.2. The molecule has 0 spiro atoms. The van der Waals surface area contributed by atoms with Crippen LogP contribution in [-0.4, -0.2) is 73.7 Å². The van der Waals surface area contributed by atoms with E-state index in [9.17, 15) is 14.0 Å². The topological polar surface area (TPSA) is 68.3 Å². The summed E-state index contributed by atoms with van der Waals surface area (Å²) in [6.45, 7) is 2.62. The molecule has 0 N–H and O–H groups in total. The molecule has 1 atom stereocenters. The molecule has 36 heavy (non-hydrogen) atoms. The minimum atomic E-state index is -0.971. The summed E-state index contributed by atoms with van der Waals surface area (Å²) in [7, 11) is 1.62. The first-order valence-corrected chi connectivity index (χ1v) is 12.7. The van der Waals surface area contributed by atoms with Crippen molar-refractivity contribution in [1.29, 1.82) is 0 Å². The van der Waals surface area contributed by atoms with Crippen LogP contribution in [0.1, 0.15) is 37.7 Å². The van der Waals surface area contributed by atoms with E-state index >= 15 is 0 Å². The van der Waals surface area contributed by atoms with Gasteiger partial charge in [-0.15, -0.1) is 0 Å². The van der Waals surface area contributed by atoms with Crippen molar-refractivity contribution in [3.63, 3.8) is 0 Å². The molecule has 2 saturated heterocycles. The molecule has 0 radical (unpaired) electrons. The Hall–Kier alpha value is -3.13. The highest BCUT2D eigenvalue weighted by atomic mass is 19.1. The molecule has 2 aromatic carbocycles. The average Bonchev–Trinajstić information content (AvgIpc) is 2.92. The van der Waals surface area contributed by atoms with E-state index < -0.39 is 5.60 Å². The number of ether oxygens (including phenoxy) is 3. The number of halogens is 1. The van der Waals surface area contributed by atoms with E-state index in [0.29, 0.717) is 31.7 Å². The lowest BCUT2D eigenvalue weighted by Crippen LogP contribution is -2.58. The van der Waals surface area contributed by atoms with Gasteiger partial charge in [0.05, 0.1) is 26.7 Å². The van der Waals surface area contributed by atoms with Gasteiger partial charge in [-0.3, -0.25) is 9.59 Å². The molecule has 4 rings (SSSR count). The number of nitrogens with zero attached hydrogens (tertiary/aromatic N) is 2. The number of hydrogen-bond donors (Lipinski definition) is 0. The number of likely N-dealkylation sites (tertiary alicyclic amines) is 1. The van der Waals surface area contributed by atoms with Gasteiger partial charge in [0.2, 0.25) is 11.8 Å². The summed E-state index contributed by atoms with van der Waals surface area (Å²) in [6.07, 6.45) is 4.15. The third-order valence-electron chi connectivity index (χ3n) is 6.90. The zero-order valence-corrected chi connectivity index (χ0v) is 20.9. The Morgan fingerprint density at radius 1 is 0.972 bits per heavy atom. The van der Waals surface area contributed by atoms with Crippen molar-refractivity contribution in [2.45, 2.75) is 44.1 Å². The summed E-state index contributed by atoms with van der Waals surface area (Å²) in [5, 5.41) is 0. The molecule has 2 aliphatic rings. The van der Waals surface area contributed by atoms with Gasteiger partial charge in [0.1, 0.15) is 29.5 Å². The number of amides is 2. The number of hydrogen-bond acceptors (Lipinski definition) is 5. The van der Waals surface area contributed by atoms with Crippen LogP contribution in [0.2, 0.25) is 0 Å². The van der Waals surface area contributed by atoms with Gasteiger partial charge in [-0.1, -0.05) is 18.2 Å². The van der Waals surface area contributed by atoms with Crippen LogP contribution in [0, 0.1) is 5.82 Å². The fourth-order valence-electron chi connectivity index (χ4n) is 4.89. The van der Waals surface area contributed by atoms with Gasteiger partial charge in [-0.05, 0) is 61.6 Å². The third-order valence-corrected chi connectivity index (χ3v) is 6.90. The maximum Gasteiger partial charge on any atom is 0.225 e. The lowest BCUT2D eigenvalue weighted by molar-refractivity contribution is -0.166. The number of piperidine rings is 1. The highest BCUT2D eigenvalue weighted by molar-refractivity contribution is 5.79. The number of rotatable bonds is 9. The smallest absolute Gasteiger partial charge is 0.225 e. The van der Waals surface area contributed by atoms with Crippen LogP contribution in [0.3, 0.4) is 0 Å². The highest BCUT2D eigenvalue weighted by Gasteiger charge is 2.42. The van der Waals surface area contributed by atoms with E-state index in [1.54, 1.807) is 24.1 Å². The van der Waals surface area contributed by atoms with E-state index in [2.05, 4.69) is 0 Å². The van der Waals surface area contributed by atoms with E-state index in [1.165, 1.54) is 12.1 Å². The molecule has 194 valence electrons. The van der Waals surface area contributed by atoms with Crippen LogP contribution in [0.4, 0.5) is 4.39 Å². The SMILES string of the molecule is COc1ccccc1CCC(=O)N1CCOC(COc2ccc(F)cc2)(CC(=O)N2CCCCC2)C1. The molecule has 1 unspecified atom stereocenters. The zero-order chi connectivity index (χ0) is 25.4. The minimum absolute atomic E-state index is 0.000727. The fourth-order valence-corrected chi connectivity index (χ4v) is 4.89. The molecule has 0 aromatic heterocycles. The second-order valence-corrected chi connectivity index (χ2v) is 9.52. The average molecular weight is 499 g/mol. The second-order valence-electron chi connectivity index (χ2n) is 9.52. The predicted molar refractivity (Wildman–Crippen MR) is 134 cm³/mol. The molecule has 0 saturated carbocycles. The number of carbonyl (C=O) groups excluding carboxylic acids is 2. The molecular weight excluding hydrogens is 463 g/mol. The molecule has 8 heteroatoms. The maximum atomic E-state index is 13.3. The third kappa shape index (κ3) is 6.75. The minimum Gasteiger partial charge on any atom is -0.496 e. The number of aryl methyl sites for hydroxylation is 1. The number of methoxy groups -OCH3 is 1. The van der Waals surface area contributed by atoms with E-state index in [0.717, 1.165) is 43.7 Å². The highest BCUT2D eigenvalue weighted by Crippen LogP contribution is 2.27. The standard InChI is InChI=1S/C28H35FN2O5/c1-34-25-8-4-3-7-22(25)9-14-26(32)31-17-18-36-28(20-31,19-27(33)30-15-5-2-6-16-30)21-35-24-12-10-23(29)11-13-24/h3-4,7-8,10-13H,2,5-6,9,14-21H2,1H3. The summed E-state index contributed by atoms with van der Waals surface area (Å²) in [6, 6.07) is 13.4. The Labute approximate surface area is 212 Å². The molecule has 2 aromatic rings. The van der Waals surface area contributed by atoms with Crippen LogP contribution in [-0.2, 0) is 20.7 Å². The van der Waals surface area contributed by atoms with Crippen LogP contribution in [0.5, 0.6) is 11.5 Å². The molecule has 0 bridgehead atoms. The van der Waals surface area contributed by atoms with Crippen molar-refractivity contribution in [3.8, 4) is 11.5 Å². The van der Waals surface area contributed by atoms with Crippen molar-refractivity contribution in [2.75, 3.05) is 46.5 Å². The molecular formula is C28H35FN2O5. The number of benzene rings is 2. The van der Waals surface area contributed by atoms with Gasteiger partial charge in [0.25, 0.3) is 0 Å². The summed E-state index contributed by atoms with van der Waals surface area (Å²) in [4.78, 5) is 30.1. The van der Waals surface area contributed by atoms with E-state index in [4.69, 9.17) is 14.2 Å². The summed E-state index contributed by atoms with van der Waals surface area (Å²) in [5.74, 6) is 0.922. The largest absolute Gasteiger partial charge is 0.496 e. The molecule has 7 nitrogen and oxygen atoms in total. The van der Waals surface area contributed by atoms with Crippen LogP contribution in [0.25, 0.3) is 0 Å². The molecule has 2 fully saturated rings. The van der Waals surface area contributed by atoms with Gasteiger partial charge >= 0.3 is 0 Å². The van der Waals surface area contributed by atoms with Crippen molar-refractivity contribution in [3.05, 3.63) is 59.9 Å². The lowest BCUT2D eigenvalue weighted by Gasteiger charge is -2.43. The van der Waals surface area contributed by atoms with Gasteiger partial charge < -0.3 is 24.0 Å². The van der Waals surface area contributed by atoms with Gasteiger partial charge in [-0.2, -0.15) is 0 Å².